The molecule has 0 aliphatic heterocycles. The minimum absolute atomic E-state index is 0.196. The lowest BCUT2D eigenvalue weighted by molar-refractivity contribution is 0.179. The Kier molecular flexibility index (Phi) is 7.99. The molecule has 9 heteroatoms. The Balaban J connectivity index is 1.51. The van der Waals surface area contributed by atoms with Gasteiger partial charge in [-0.3, -0.25) is 9.69 Å². The van der Waals surface area contributed by atoms with Crippen molar-refractivity contribution in [2.45, 2.75) is 45.9 Å². The summed E-state index contributed by atoms with van der Waals surface area (Å²) in [5, 5.41) is 14.6. The molecule has 0 unspecified atom stereocenters. The van der Waals surface area contributed by atoms with Crippen molar-refractivity contribution >= 4 is 22.5 Å². The van der Waals surface area contributed by atoms with Crippen LogP contribution in [0.4, 0.5) is 0 Å². The molecule has 0 saturated heterocycles. The fraction of sp³-hybridized carbons (Fsp3) is 0.212. The van der Waals surface area contributed by atoms with Crippen LogP contribution >= 0.6 is 11.6 Å². The molecule has 0 saturated carbocycles. The van der Waals surface area contributed by atoms with Gasteiger partial charge in [0.25, 0.3) is 5.56 Å². The Labute approximate surface area is 248 Å². The van der Waals surface area contributed by atoms with Crippen LogP contribution in [0, 0.1) is 13.8 Å². The second kappa shape index (κ2) is 12.1. The van der Waals surface area contributed by atoms with E-state index >= 15 is 0 Å². The largest absolute Gasteiger partial charge is 0.468 e. The van der Waals surface area contributed by atoms with Crippen molar-refractivity contribution in [2.75, 3.05) is 0 Å². The molecule has 8 nitrogen and oxygen atoms in total. The molecule has 0 fully saturated rings. The fourth-order valence-electron chi connectivity index (χ4n) is 5.52. The fourth-order valence-corrected chi connectivity index (χ4v) is 5.72. The maximum Gasteiger partial charge on any atom is 0.253 e. The number of H-pyrrole nitrogens is 1. The van der Waals surface area contributed by atoms with Gasteiger partial charge < -0.3 is 9.40 Å². The number of rotatable bonds is 10. The SMILES string of the molecule is Cc1cc(C)c2cc([C@H](c3nnnn3CCc3ccccc3)N(Cc3ccco3)Cc3ccccc3Cl)c(=O)[nH]c2c1. The molecule has 6 aromatic rings. The topological polar surface area (TPSA) is 92.8 Å². The monoisotopic (exact) mass is 578 g/mol. The number of benzene rings is 3. The lowest BCUT2D eigenvalue weighted by Gasteiger charge is -2.30. The van der Waals surface area contributed by atoms with Crippen LogP contribution in [-0.2, 0) is 26.1 Å². The van der Waals surface area contributed by atoms with Gasteiger partial charge in [-0.1, -0.05) is 66.2 Å². The number of nitrogens with one attached hydrogen (secondary N) is 1. The van der Waals surface area contributed by atoms with Gasteiger partial charge in [0.2, 0.25) is 0 Å². The number of hydrogen-bond acceptors (Lipinski definition) is 6. The van der Waals surface area contributed by atoms with Gasteiger partial charge in [-0.15, -0.1) is 5.10 Å². The second-order valence-electron chi connectivity index (χ2n) is 10.6. The summed E-state index contributed by atoms with van der Waals surface area (Å²) in [5.74, 6) is 1.32. The molecular formula is C33H31ClN6O2. The summed E-state index contributed by atoms with van der Waals surface area (Å²) in [5.41, 5.74) is 5.41. The molecule has 0 spiro atoms. The Morgan fingerprint density at radius 3 is 2.57 bits per heavy atom. The molecule has 0 aliphatic rings. The van der Waals surface area contributed by atoms with Crippen LogP contribution in [0.15, 0.2) is 100 Å². The van der Waals surface area contributed by atoms with E-state index in [4.69, 9.17) is 16.0 Å². The number of tetrazole rings is 1. The first-order valence-electron chi connectivity index (χ1n) is 13.9. The Morgan fingerprint density at radius 1 is 0.976 bits per heavy atom. The number of aromatic nitrogens is 5. The third-order valence-electron chi connectivity index (χ3n) is 7.53. The van der Waals surface area contributed by atoms with E-state index in [1.807, 2.05) is 73.7 Å². The zero-order valence-corrected chi connectivity index (χ0v) is 24.3. The summed E-state index contributed by atoms with van der Waals surface area (Å²) in [7, 11) is 0. The van der Waals surface area contributed by atoms with Crippen molar-refractivity contribution in [3.8, 4) is 0 Å². The lowest BCUT2D eigenvalue weighted by atomic mass is 9.99. The van der Waals surface area contributed by atoms with E-state index in [0.717, 1.165) is 39.8 Å². The van der Waals surface area contributed by atoms with Gasteiger partial charge in [0.15, 0.2) is 5.82 Å². The number of furan rings is 1. The average molecular weight is 579 g/mol. The summed E-state index contributed by atoms with van der Waals surface area (Å²) in [6, 6.07) is 27.2. The Bertz CT molecular complexity index is 1860. The average Bonchev–Trinajstić information content (AvgIpc) is 3.67. The van der Waals surface area contributed by atoms with E-state index in [2.05, 4.69) is 50.5 Å². The highest BCUT2D eigenvalue weighted by Crippen LogP contribution is 2.32. The molecular weight excluding hydrogens is 548 g/mol. The van der Waals surface area contributed by atoms with Gasteiger partial charge in [-0.25, -0.2) is 4.68 Å². The van der Waals surface area contributed by atoms with Crippen LogP contribution in [0.25, 0.3) is 10.9 Å². The van der Waals surface area contributed by atoms with Crippen LogP contribution in [-0.4, -0.2) is 30.1 Å². The normalized spacial score (nSPS) is 12.3. The smallest absolute Gasteiger partial charge is 0.253 e. The highest BCUT2D eigenvalue weighted by Gasteiger charge is 2.32. The molecule has 212 valence electrons. The predicted octanol–water partition coefficient (Wildman–Crippen LogP) is 6.41. The van der Waals surface area contributed by atoms with E-state index in [1.54, 1.807) is 10.9 Å². The van der Waals surface area contributed by atoms with Gasteiger partial charge in [0.1, 0.15) is 11.8 Å². The van der Waals surface area contributed by atoms with Crippen LogP contribution in [0.1, 0.15) is 45.4 Å². The first-order valence-corrected chi connectivity index (χ1v) is 14.3. The maximum atomic E-state index is 13.9. The van der Waals surface area contributed by atoms with E-state index in [1.165, 1.54) is 5.56 Å². The van der Waals surface area contributed by atoms with E-state index in [9.17, 15) is 4.79 Å². The summed E-state index contributed by atoms with van der Waals surface area (Å²) >= 11 is 6.66. The van der Waals surface area contributed by atoms with Crippen LogP contribution in [0.2, 0.25) is 5.02 Å². The van der Waals surface area contributed by atoms with Gasteiger partial charge in [0, 0.05) is 34.6 Å². The molecule has 6 rings (SSSR count). The molecule has 0 radical (unpaired) electrons. The van der Waals surface area contributed by atoms with Crippen molar-refractivity contribution in [3.05, 3.63) is 146 Å². The van der Waals surface area contributed by atoms with Gasteiger partial charge in [0.05, 0.1) is 12.8 Å². The quantitative estimate of drug-likeness (QED) is 0.202. The second-order valence-corrected chi connectivity index (χ2v) is 11.0. The Hall–Kier alpha value is -4.53. The van der Waals surface area contributed by atoms with Crippen molar-refractivity contribution in [2.24, 2.45) is 0 Å². The minimum atomic E-state index is -0.606. The third kappa shape index (κ3) is 5.91. The molecule has 42 heavy (non-hydrogen) atoms. The molecule has 3 aromatic heterocycles. The number of nitrogens with zero attached hydrogens (tertiary/aromatic N) is 5. The number of halogens is 1. The number of pyridine rings is 1. The van der Waals surface area contributed by atoms with Gasteiger partial charge >= 0.3 is 0 Å². The minimum Gasteiger partial charge on any atom is -0.468 e. The van der Waals surface area contributed by atoms with Gasteiger partial charge in [-0.2, -0.15) is 0 Å². The number of fused-ring (bicyclic) bond motifs is 1. The number of aryl methyl sites for hydroxylation is 4. The summed E-state index contributed by atoms with van der Waals surface area (Å²) in [4.78, 5) is 19.2. The molecule has 0 aliphatic carbocycles. The van der Waals surface area contributed by atoms with Crippen molar-refractivity contribution in [1.82, 2.24) is 30.1 Å². The standard InChI is InChI=1S/C33H31ClN6O2/c1-22-17-23(2)27-19-28(33(41)35-30(27)18-22)31(32-36-37-38-40(32)15-14-24-9-4-3-5-10-24)39(21-26-12-8-16-42-26)20-25-11-6-7-13-29(25)34/h3-13,16-19,31H,14-15,20-21H2,1-2H3,(H,35,41)/t31-/m1/s1. The van der Waals surface area contributed by atoms with E-state index in [0.29, 0.717) is 36.0 Å². The maximum absolute atomic E-state index is 13.9. The molecule has 1 N–H and O–H groups in total. The molecule has 1 atom stereocenters. The zero-order chi connectivity index (χ0) is 29.1. The first-order chi connectivity index (χ1) is 20.5. The van der Waals surface area contributed by atoms with Crippen LogP contribution < -0.4 is 5.56 Å². The summed E-state index contributed by atoms with van der Waals surface area (Å²) < 4.78 is 7.58. The lowest BCUT2D eigenvalue weighted by Crippen LogP contribution is -2.35. The van der Waals surface area contributed by atoms with Crippen molar-refractivity contribution in [3.63, 3.8) is 0 Å². The van der Waals surface area contributed by atoms with E-state index < -0.39 is 6.04 Å². The third-order valence-corrected chi connectivity index (χ3v) is 7.90. The first kappa shape index (κ1) is 27.6. The molecule has 0 bridgehead atoms. The summed E-state index contributed by atoms with van der Waals surface area (Å²) in [6.07, 6.45) is 2.39. The number of hydrogen-bond donors (Lipinski definition) is 1. The zero-order valence-electron chi connectivity index (χ0n) is 23.5. The van der Waals surface area contributed by atoms with Crippen molar-refractivity contribution in [1.29, 1.82) is 0 Å². The van der Waals surface area contributed by atoms with Crippen LogP contribution in [0.3, 0.4) is 0 Å². The highest BCUT2D eigenvalue weighted by atomic mass is 35.5. The molecule has 3 heterocycles. The summed E-state index contributed by atoms with van der Waals surface area (Å²) in [6.45, 7) is 5.46. The number of aromatic amines is 1. The van der Waals surface area contributed by atoms with E-state index in [-0.39, 0.29) is 5.56 Å². The Morgan fingerprint density at radius 2 is 1.79 bits per heavy atom. The highest BCUT2D eigenvalue weighted by molar-refractivity contribution is 6.31. The predicted molar refractivity (Wildman–Crippen MR) is 163 cm³/mol. The molecule has 3 aromatic carbocycles. The van der Waals surface area contributed by atoms with Gasteiger partial charge in [-0.05, 0) is 83.3 Å². The van der Waals surface area contributed by atoms with Crippen LogP contribution in [0.5, 0.6) is 0 Å². The molecule has 0 amide bonds. The van der Waals surface area contributed by atoms with Crippen molar-refractivity contribution < 1.29 is 4.42 Å².